The Kier molecular flexibility index (Phi) is 6.03. The molecule has 148 valence electrons. The molecule has 30 heavy (non-hydrogen) atoms. The van der Waals surface area contributed by atoms with Crippen molar-refractivity contribution >= 4 is 29.0 Å². The lowest BCUT2D eigenvalue weighted by atomic mass is 10.0. The molecule has 0 aliphatic rings. The van der Waals surface area contributed by atoms with Gasteiger partial charge in [-0.15, -0.1) is 0 Å². The van der Waals surface area contributed by atoms with Crippen molar-refractivity contribution in [2.75, 3.05) is 0 Å². The molecule has 4 rings (SSSR count). The van der Waals surface area contributed by atoms with Crippen LogP contribution in [0.25, 0.3) is 0 Å². The highest BCUT2D eigenvalue weighted by Gasteiger charge is 2.10. The van der Waals surface area contributed by atoms with E-state index in [2.05, 4.69) is 0 Å². The summed E-state index contributed by atoms with van der Waals surface area (Å²) in [5, 5.41) is 1.20. The zero-order valence-electron chi connectivity index (χ0n) is 15.7. The van der Waals surface area contributed by atoms with Crippen LogP contribution in [0.15, 0.2) is 97.1 Å². The Morgan fingerprint density at radius 3 is 1.30 bits per heavy atom. The third kappa shape index (κ3) is 5.01. The van der Waals surface area contributed by atoms with E-state index in [4.69, 9.17) is 32.7 Å². The van der Waals surface area contributed by atoms with E-state index in [0.717, 1.165) is 0 Å². The summed E-state index contributed by atoms with van der Waals surface area (Å²) in [6, 6.07) is 28.2. The molecule has 0 heterocycles. The van der Waals surface area contributed by atoms with E-state index in [1.165, 1.54) is 0 Å². The van der Waals surface area contributed by atoms with Crippen molar-refractivity contribution in [3.8, 4) is 23.0 Å². The van der Waals surface area contributed by atoms with Crippen LogP contribution in [0.1, 0.15) is 15.9 Å². The van der Waals surface area contributed by atoms with Crippen molar-refractivity contribution in [2.45, 2.75) is 0 Å². The number of carbonyl (C=O) groups excluding carboxylic acids is 1. The largest absolute Gasteiger partial charge is 0.457 e. The normalized spacial score (nSPS) is 10.5. The van der Waals surface area contributed by atoms with Gasteiger partial charge in [0.1, 0.15) is 23.0 Å². The predicted molar refractivity (Wildman–Crippen MR) is 119 cm³/mol. The number of benzene rings is 4. The highest BCUT2D eigenvalue weighted by molar-refractivity contribution is 6.31. The number of hydrogen-bond donors (Lipinski definition) is 0. The van der Waals surface area contributed by atoms with Gasteiger partial charge in [0.25, 0.3) is 0 Å². The quantitative estimate of drug-likeness (QED) is 0.290. The van der Waals surface area contributed by atoms with E-state index in [1.807, 2.05) is 24.3 Å². The van der Waals surface area contributed by atoms with Crippen LogP contribution in [0, 0.1) is 0 Å². The number of rotatable bonds is 6. The van der Waals surface area contributed by atoms with Gasteiger partial charge in [0.15, 0.2) is 5.78 Å². The van der Waals surface area contributed by atoms with Crippen molar-refractivity contribution in [1.29, 1.82) is 0 Å². The number of ether oxygens (including phenoxy) is 2. The van der Waals surface area contributed by atoms with Gasteiger partial charge in [0.05, 0.1) is 0 Å². The third-order valence-electron chi connectivity index (χ3n) is 4.30. The molecule has 0 saturated heterocycles. The first-order valence-corrected chi connectivity index (χ1v) is 9.94. The smallest absolute Gasteiger partial charge is 0.193 e. The molecule has 0 amide bonds. The summed E-state index contributed by atoms with van der Waals surface area (Å²) < 4.78 is 11.5. The monoisotopic (exact) mass is 434 g/mol. The number of halogens is 2. The van der Waals surface area contributed by atoms with Crippen molar-refractivity contribution in [2.24, 2.45) is 0 Å². The first kappa shape index (κ1) is 20.0. The summed E-state index contributed by atoms with van der Waals surface area (Å²) in [5.41, 5.74) is 1.13. The number of hydrogen-bond acceptors (Lipinski definition) is 3. The molecule has 4 aromatic rings. The van der Waals surface area contributed by atoms with Crippen molar-refractivity contribution in [1.82, 2.24) is 0 Å². The third-order valence-corrected chi connectivity index (χ3v) is 4.77. The zero-order valence-corrected chi connectivity index (χ0v) is 17.2. The maximum Gasteiger partial charge on any atom is 0.193 e. The van der Waals surface area contributed by atoms with Crippen LogP contribution in [0.5, 0.6) is 23.0 Å². The maximum atomic E-state index is 12.8. The summed E-state index contributed by atoms with van der Waals surface area (Å²) in [4.78, 5) is 12.8. The fraction of sp³-hybridized carbons (Fsp3) is 0. The molecule has 0 aromatic heterocycles. The van der Waals surface area contributed by atoms with Crippen LogP contribution in [0.4, 0.5) is 0 Å². The molecule has 0 saturated carbocycles. The molecule has 0 atom stereocenters. The van der Waals surface area contributed by atoms with E-state index in [-0.39, 0.29) is 5.78 Å². The molecule has 0 N–H and O–H groups in total. The SMILES string of the molecule is O=C(c1ccc(Oc2cccc(Cl)c2)cc1)c1ccc(Oc2cccc(Cl)c2)cc1. The zero-order chi connectivity index (χ0) is 20.9. The van der Waals surface area contributed by atoms with Crippen LogP contribution in [-0.4, -0.2) is 5.78 Å². The average Bonchev–Trinajstić information content (AvgIpc) is 2.74. The molecule has 0 unspecified atom stereocenters. The van der Waals surface area contributed by atoms with Crippen LogP contribution in [0.3, 0.4) is 0 Å². The highest BCUT2D eigenvalue weighted by atomic mass is 35.5. The van der Waals surface area contributed by atoms with E-state index in [9.17, 15) is 4.79 Å². The maximum absolute atomic E-state index is 12.8. The average molecular weight is 435 g/mol. The van der Waals surface area contributed by atoms with Gasteiger partial charge in [-0.25, -0.2) is 0 Å². The summed E-state index contributed by atoms with van der Waals surface area (Å²) in [6.07, 6.45) is 0. The minimum atomic E-state index is -0.0846. The van der Waals surface area contributed by atoms with Gasteiger partial charge in [0, 0.05) is 21.2 Å². The minimum absolute atomic E-state index is 0.0846. The molecule has 0 aliphatic heterocycles. The van der Waals surface area contributed by atoms with Gasteiger partial charge < -0.3 is 9.47 Å². The van der Waals surface area contributed by atoms with Crippen molar-refractivity contribution in [3.05, 3.63) is 118 Å². The van der Waals surface area contributed by atoms with Gasteiger partial charge in [0.2, 0.25) is 0 Å². The molecule has 0 radical (unpaired) electrons. The van der Waals surface area contributed by atoms with Crippen LogP contribution in [-0.2, 0) is 0 Å². The Morgan fingerprint density at radius 2 is 0.933 bits per heavy atom. The predicted octanol–water partition coefficient (Wildman–Crippen LogP) is 7.81. The Balaban J connectivity index is 1.43. The lowest BCUT2D eigenvalue weighted by Gasteiger charge is -2.08. The molecule has 0 bridgehead atoms. The van der Waals surface area contributed by atoms with Gasteiger partial charge in [-0.1, -0.05) is 35.3 Å². The lowest BCUT2D eigenvalue weighted by Crippen LogP contribution is -2.01. The van der Waals surface area contributed by atoms with Gasteiger partial charge in [-0.05, 0) is 84.9 Å². The second-order valence-corrected chi connectivity index (χ2v) is 7.37. The van der Waals surface area contributed by atoms with Crippen LogP contribution < -0.4 is 9.47 Å². The first-order chi connectivity index (χ1) is 14.6. The van der Waals surface area contributed by atoms with E-state index in [1.54, 1.807) is 72.8 Å². The van der Waals surface area contributed by atoms with E-state index in [0.29, 0.717) is 44.2 Å². The van der Waals surface area contributed by atoms with E-state index < -0.39 is 0 Å². The van der Waals surface area contributed by atoms with Gasteiger partial charge in [-0.2, -0.15) is 0 Å². The molecular weight excluding hydrogens is 419 g/mol. The molecule has 4 aromatic carbocycles. The van der Waals surface area contributed by atoms with Gasteiger partial charge >= 0.3 is 0 Å². The molecule has 3 nitrogen and oxygen atoms in total. The highest BCUT2D eigenvalue weighted by Crippen LogP contribution is 2.26. The summed E-state index contributed by atoms with van der Waals surface area (Å²) in [6.45, 7) is 0. The molecule has 0 fully saturated rings. The van der Waals surface area contributed by atoms with Gasteiger partial charge in [-0.3, -0.25) is 4.79 Å². The second kappa shape index (κ2) is 9.04. The Labute approximate surface area is 184 Å². The first-order valence-electron chi connectivity index (χ1n) is 9.18. The Hall–Kier alpha value is -3.27. The number of ketones is 1. The fourth-order valence-electron chi connectivity index (χ4n) is 2.85. The topological polar surface area (TPSA) is 35.5 Å². The van der Waals surface area contributed by atoms with Crippen LogP contribution in [0.2, 0.25) is 10.0 Å². The van der Waals surface area contributed by atoms with Crippen molar-refractivity contribution < 1.29 is 14.3 Å². The molecule has 0 aliphatic carbocycles. The standard InChI is InChI=1S/C25H16Cl2O3/c26-19-3-1-5-23(15-19)29-21-11-7-17(8-12-21)25(28)18-9-13-22(14-10-18)30-24-6-2-4-20(27)16-24/h1-16H. The minimum Gasteiger partial charge on any atom is -0.457 e. The van der Waals surface area contributed by atoms with Crippen molar-refractivity contribution in [3.63, 3.8) is 0 Å². The van der Waals surface area contributed by atoms with Crippen LogP contribution >= 0.6 is 23.2 Å². The Morgan fingerprint density at radius 1 is 0.533 bits per heavy atom. The summed E-state index contributed by atoms with van der Waals surface area (Å²) in [7, 11) is 0. The molecule has 5 heteroatoms. The second-order valence-electron chi connectivity index (χ2n) is 6.50. The lowest BCUT2D eigenvalue weighted by molar-refractivity contribution is 0.103. The summed E-state index contributed by atoms with van der Waals surface area (Å²) >= 11 is 11.9. The summed E-state index contributed by atoms with van der Waals surface area (Å²) in [5.74, 6) is 2.44. The number of carbonyl (C=O) groups is 1. The molecular formula is C25H16Cl2O3. The van der Waals surface area contributed by atoms with E-state index >= 15 is 0 Å². The molecule has 0 spiro atoms. The Bertz CT molecular complexity index is 1080. The fourth-order valence-corrected chi connectivity index (χ4v) is 3.21.